The van der Waals surface area contributed by atoms with Gasteiger partial charge in [0.2, 0.25) is 5.51 Å². The summed E-state index contributed by atoms with van der Waals surface area (Å²) < 4.78 is 2.01. The predicted octanol–water partition coefficient (Wildman–Crippen LogP) is -1.55. The maximum Gasteiger partial charge on any atom is 0.224 e. The molecule has 13 heavy (non-hydrogen) atoms. The van der Waals surface area contributed by atoms with E-state index in [2.05, 4.69) is 0 Å². The lowest BCUT2D eigenvalue weighted by Crippen LogP contribution is -3.00. The Bertz CT molecular complexity index is 230. The largest absolute Gasteiger partial charge is 1.00 e. The molecule has 1 aromatic heterocycles. The first-order valence-electron chi connectivity index (χ1n) is 4.09. The standard InChI is InChI=1S/C9H16NOS.BrH/c1-9(2,3)8(11)6-10-4-5-12-7-10;/h4-5,7-8,11H,6H2,1-3H3;1H/q+1;/p-1. The third-order valence-corrected chi connectivity index (χ3v) is 2.58. The molecule has 1 unspecified atom stereocenters. The van der Waals surface area contributed by atoms with Crippen molar-refractivity contribution in [3.05, 3.63) is 17.1 Å². The van der Waals surface area contributed by atoms with Crippen LogP contribution in [0.2, 0.25) is 0 Å². The van der Waals surface area contributed by atoms with Crippen LogP contribution in [0.1, 0.15) is 20.8 Å². The highest BCUT2D eigenvalue weighted by atomic mass is 79.9. The Morgan fingerprint density at radius 3 is 2.46 bits per heavy atom. The van der Waals surface area contributed by atoms with E-state index in [4.69, 9.17) is 0 Å². The molecule has 0 aliphatic rings. The smallest absolute Gasteiger partial charge is 0.224 e. The first-order chi connectivity index (χ1) is 5.50. The third kappa shape index (κ3) is 4.20. The monoisotopic (exact) mass is 265 g/mol. The number of aliphatic hydroxyl groups excluding tert-OH is 1. The van der Waals surface area contributed by atoms with Gasteiger partial charge in [0.25, 0.3) is 0 Å². The fraction of sp³-hybridized carbons (Fsp3) is 0.667. The minimum absolute atomic E-state index is 0. The zero-order chi connectivity index (χ0) is 9.19. The number of aliphatic hydroxyl groups is 1. The molecule has 1 atom stereocenters. The molecule has 0 amide bonds. The highest BCUT2D eigenvalue weighted by molar-refractivity contribution is 7.07. The van der Waals surface area contributed by atoms with Gasteiger partial charge >= 0.3 is 0 Å². The maximum atomic E-state index is 9.74. The van der Waals surface area contributed by atoms with Crippen molar-refractivity contribution in [2.75, 3.05) is 0 Å². The van der Waals surface area contributed by atoms with Crippen molar-refractivity contribution in [2.45, 2.75) is 33.4 Å². The SMILES string of the molecule is CC(C)(C)C(O)C[n+]1ccsc1.[Br-]. The van der Waals surface area contributed by atoms with Gasteiger partial charge in [-0.2, -0.15) is 4.57 Å². The van der Waals surface area contributed by atoms with Crippen molar-refractivity contribution in [1.82, 2.24) is 0 Å². The van der Waals surface area contributed by atoms with Crippen molar-refractivity contribution in [3.63, 3.8) is 0 Å². The van der Waals surface area contributed by atoms with Gasteiger partial charge in [-0.15, -0.1) is 0 Å². The van der Waals surface area contributed by atoms with Crippen LogP contribution in [0.15, 0.2) is 17.1 Å². The van der Waals surface area contributed by atoms with Crippen LogP contribution in [-0.2, 0) is 6.54 Å². The molecule has 4 heteroatoms. The number of aromatic nitrogens is 1. The Balaban J connectivity index is 0.00000144. The van der Waals surface area contributed by atoms with Crippen molar-refractivity contribution in [3.8, 4) is 0 Å². The van der Waals surface area contributed by atoms with Gasteiger partial charge in [-0.1, -0.05) is 32.1 Å². The molecular formula is C9H16BrNOS. The van der Waals surface area contributed by atoms with E-state index in [-0.39, 0.29) is 28.5 Å². The molecular weight excluding hydrogens is 250 g/mol. The molecule has 2 nitrogen and oxygen atoms in total. The second-order valence-corrected chi connectivity index (χ2v) is 4.86. The molecule has 76 valence electrons. The van der Waals surface area contributed by atoms with E-state index in [9.17, 15) is 5.11 Å². The Labute approximate surface area is 94.0 Å². The quantitative estimate of drug-likeness (QED) is 0.644. The molecule has 0 saturated heterocycles. The first kappa shape index (κ1) is 13.1. The van der Waals surface area contributed by atoms with Gasteiger partial charge in [0.1, 0.15) is 6.10 Å². The lowest BCUT2D eigenvalue weighted by atomic mass is 9.89. The topological polar surface area (TPSA) is 24.1 Å². The van der Waals surface area contributed by atoms with Crippen molar-refractivity contribution < 1.29 is 26.7 Å². The number of thiazole rings is 1. The van der Waals surface area contributed by atoms with Crippen LogP contribution >= 0.6 is 11.3 Å². The molecule has 0 aliphatic heterocycles. The molecule has 0 radical (unpaired) electrons. The number of nitrogens with zero attached hydrogens (tertiary/aromatic N) is 1. The van der Waals surface area contributed by atoms with E-state index in [0.29, 0.717) is 6.54 Å². The summed E-state index contributed by atoms with van der Waals surface area (Å²) in [4.78, 5) is 0. The third-order valence-electron chi connectivity index (χ3n) is 1.91. The second-order valence-electron chi connectivity index (χ2n) is 4.11. The van der Waals surface area contributed by atoms with Crippen molar-refractivity contribution in [2.24, 2.45) is 5.41 Å². The fourth-order valence-corrected chi connectivity index (χ4v) is 1.45. The van der Waals surface area contributed by atoms with Gasteiger partial charge in [-0.25, -0.2) is 0 Å². The highest BCUT2D eigenvalue weighted by Gasteiger charge is 2.25. The normalized spacial score (nSPS) is 13.5. The summed E-state index contributed by atoms with van der Waals surface area (Å²) in [6, 6.07) is 0. The number of hydrogen-bond donors (Lipinski definition) is 1. The maximum absolute atomic E-state index is 9.74. The van der Waals surface area contributed by atoms with E-state index in [1.807, 2.05) is 42.4 Å². The molecule has 0 spiro atoms. The van der Waals surface area contributed by atoms with Gasteiger partial charge in [-0.05, 0) is 5.41 Å². The molecule has 1 N–H and O–H groups in total. The number of halogens is 1. The molecule has 1 heterocycles. The summed E-state index contributed by atoms with van der Waals surface area (Å²) in [6.45, 7) is 6.83. The predicted molar refractivity (Wildman–Crippen MR) is 50.0 cm³/mol. The van der Waals surface area contributed by atoms with Crippen LogP contribution in [0, 0.1) is 5.41 Å². The summed E-state index contributed by atoms with van der Waals surface area (Å²) in [7, 11) is 0. The Kier molecular flexibility index (Phi) is 5.10. The molecule has 0 fully saturated rings. The minimum Gasteiger partial charge on any atom is -1.00 e. The van der Waals surface area contributed by atoms with Gasteiger partial charge < -0.3 is 22.1 Å². The van der Waals surface area contributed by atoms with E-state index >= 15 is 0 Å². The first-order valence-corrected chi connectivity index (χ1v) is 5.04. The summed E-state index contributed by atoms with van der Waals surface area (Å²) in [5, 5.41) is 11.8. The van der Waals surface area contributed by atoms with Gasteiger partial charge in [0.15, 0.2) is 12.7 Å². The van der Waals surface area contributed by atoms with E-state index < -0.39 is 0 Å². The van der Waals surface area contributed by atoms with E-state index in [0.717, 1.165) is 0 Å². The zero-order valence-corrected chi connectivity index (χ0v) is 10.6. The fourth-order valence-electron chi connectivity index (χ4n) is 0.839. The molecule has 1 aromatic rings. The highest BCUT2D eigenvalue weighted by Crippen LogP contribution is 2.18. The number of rotatable bonds is 2. The van der Waals surface area contributed by atoms with E-state index in [1.165, 1.54) is 0 Å². The number of hydrogen-bond acceptors (Lipinski definition) is 2. The molecule has 0 aromatic carbocycles. The van der Waals surface area contributed by atoms with Crippen LogP contribution in [-0.4, -0.2) is 11.2 Å². The average Bonchev–Trinajstić information content (AvgIpc) is 2.37. The summed E-state index contributed by atoms with van der Waals surface area (Å²) in [6.07, 6.45) is 1.71. The van der Waals surface area contributed by atoms with Crippen molar-refractivity contribution in [1.29, 1.82) is 0 Å². The van der Waals surface area contributed by atoms with Gasteiger partial charge in [-0.3, -0.25) is 0 Å². The van der Waals surface area contributed by atoms with Crippen LogP contribution in [0.25, 0.3) is 0 Å². The molecule has 0 saturated carbocycles. The van der Waals surface area contributed by atoms with Crippen LogP contribution < -0.4 is 21.5 Å². The second kappa shape index (κ2) is 5.08. The Hall–Kier alpha value is 0.0700. The summed E-state index contributed by atoms with van der Waals surface area (Å²) >= 11 is 1.64. The van der Waals surface area contributed by atoms with E-state index in [1.54, 1.807) is 11.3 Å². The molecule has 0 aliphatic carbocycles. The lowest BCUT2D eigenvalue weighted by Gasteiger charge is -2.22. The van der Waals surface area contributed by atoms with Crippen LogP contribution in [0.3, 0.4) is 0 Å². The summed E-state index contributed by atoms with van der Waals surface area (Å²) in [5.41, 5.74) is 1.98. The lowest BCUT2D eigenvalue weighted by molar-refractivity contribution is -0.701. The molecule has 1 rings (SSSR count). The molecule has 0 bridgehead atoms. The zero-order valence-electron chi connectivity index (χ0n) is 8.20. The summed E-state index contributed by atoms with van der Waals surface area (Å²) in [5.74, 6) is 0. The van der Waals surface area contributed by atoms with Crippen LogP contribution in [0.5, 0.6) is 0 Å². The van der Waals surface area contributed by atoms with Crippen molar-refractivity contribution >= 4 is 11.3 Å². The van der Waals surface area contributed by atoms with Crippen LogP contribution in [0.4, 0.5) is 0 Å². The average molecular weight is 266 g/mol. The Morgan fingerprint density at radius 1 is 1.46 bits per heavy atom. The van der Waals surface area contributed by atoms with Gasteiger partial charge in [0, 0.05) is 0 Å². The Morgan fingerprint density at radius 2 is 2.08 bits per heavy atom. The minimum atomic E-state index is -0.280. The van der Waals surface area contributed by atoms with Gasteiger partial charge in [0.05, 0.1) is 5.38 Å².